The number of benzene rings is 3. The summed E-state index contributed by atoms with van der Waals surface area (Å²) < 4.78 is 0. The zero-order valence-electron chi connectivity index (χ0n) is 15.0. The van der Waals surface area contributed by atoms with Crippen molar-refractivity contribution in [2.75, 3.05) is 6.54 Å². The van der Waals surface area contributed by atoms with Gasteiger partial charge in [-0.25, -0.2) is 0 Å². The van der Waals surface area contributed by atoms with Crippen LogP contribution in [-0.2, 0) is 11.8 Å². The first-order valence-corrected chi connectivity index (χ1v) is 9.22. The van der Waals surface area contributed by atoms with Gasteiger partial charge in [0.2, 0.25) is 0 Å². The molecule has 1 heteroatoms. The van der Waals surface area contributed by atoms with Crippen LogP contribution in [0, 0.1) is 0 Å². The van der Waals surface area contributed by atoms with Crippen molar-refractivity contribution in [2.45, 2.75) is 31.6 Å². The zero-order chi connectivity index (χ0) is 17.5. The predicted molar refractivity (Wildman–Crippen MR) is 107 cm³/mol. The van der Waals surface area contributed by atoms with Gasteiger partial charge >= 0.3 is 0 Å². The molecule has 0 aliphatic heterocycles. The summed E-state index contributed by atoms with van der Waals surface area (Å²) in [5.41, 5.74) is 11.2. The van der Waals surface area contributed by atoms with E-state index in [0.29, 0.717) is 6.54 Å². The molecule has 3 aromatic carbocycles. The molecule has 0 aliphatic carbocycles. The zero-order valence-corrected chi connectivity index (χ0v) is 15.0. The van der Waals surface area contributed by atoms with E-state index in [1.165, 1.54) is 22.3 Å². The fourth-order valence-electron chi connectivity index (χ4n) is 3.80. The molecule has 128 valence electrons. The average Bonchev–Trinajstić information content (AvgIpc) is 2.70. The standard InChI is InChI=1S/C24H27N/c1-2-20-11-9-16-23(19-20)24(17-10-18-25,21-12-5-3-6-13-21)22-14-7-4-8-15-22/h3-9,11-16,19H,2,10,17-18,25H2,1H3. The first-order chi connectivity index (χ1) is 12.3. The number of hydrogen-bond donors (Lipinski definition) is 1. The maximum atomic E-state index is 5.93. The van der Waals surface area contributed by atoms with Crippen LogP contribution < -0.4 is 5.73 Å². The van der Waals surface area contributed by atoms with Crippen LogP contribution in [0.3, 0.4) is 0 Å². The van der Waals surface area contributed by atoms with Crippen molar-refractivity contribution >= 4 is 0 Å². The molecular formula is C24H27N. The Morgan fingerprint density at radius 3 is 1.80 bits per heavy atom. The van der Waals surface area contributed by atoms with E-state index in [1.54, 1.807) is 0 Å². The van der Waals surface area contributed by atoms with Crippen molar-refractivity contribution in [1.82, 2.24) is 0 Å². The van der Waals surface area contributed by atoms with Crippen molar-refractivity contribution < 1.29 is 0 Å². The lowest BCUT2D eigenvalue weighted by atomic mass is 9.66. The van der Waals surface area contributed by atoms with E-state index in [4.69, 9.17) is 5.73 Å². The Balaban J connectivity index is 2.27. The Hall–Kier alpha value is -2.38. The second kappa shape index (κ2) is 8.13. The lowest BCUT2D eigenvalue weighted by molar-refractivity contribution is 0.537. The molecule has 25 heavy (non-hydrogen) atoms. The highest BCUT2D eigenvalue weighted by atomic mass is 14.5. The molecule has 0 atom stereocenters. The molecule has 0 amide bonds. The lowest BCUT2D eigenvalue weighted by Gasteiger charge is -2.36. The second-order valence-electron chi connectivity index (χ2n) is 6.58. The quantitative estimate of drug-likeness (QED) is 0.583. The summed E-state index contributed by atoms with van der Waals surface area (Å²) in [5.74, 6) is 0. The lowest BCUT2D eigenvalue weighted by Crippen LogP contribution is -2.30. The SMILES string of the molecule is CCc1cccc(C(CCCN)(c2ccccc2)c2ccccc2)c1. The van der Waals surface area contributed by atoms with Crippen molar-refractivity contribution in [3.8, 4) is 0 Å². The van der Waals surface area contributed by atoms with Crippen molar-refractivity contribution in [3.63, 3.8) is 0 Å². The molecule has 0 bridgehead atoms. The van der Waals surface area contributed by atoms with Gasteiger partial charge in [0.05, 0.1) is 0 Å². The van der Waals surface area contributed by atoms with Crippen LogP contribution in [-0.4, -0.2) is 6.54 Å². The molecule has 0 unspecified atom stereocenters. The van der Waals surface area contributed by atoms with Crippen molar-refractivity contribution in [1.29, 1.82) is 0 Å². The van der Waals surface area contributed by atoms with Gasteiger partial charge in [0, 0.05) is 5.41 Å². The van der Waals surface area contributed by atoms with Gasteiger partial charge in [0.25, 0.3) is 0 Å². The normalized spacial score (nSPS) is 11.4. The van der Waals surface area contributed by atoms with Gasteiger partial charge in [-0.3, -0.25) is 0 Å². The summed E-state index contributed by atoms with van der Waals surface area (Å²) in [6, 6.07) is 30.8. The summed E-state index contributed by atoms with van der Waals surface area (Å²) in [5, 5.41) is 0. The van der Waals surface area contributed by atoms with Crippen LogP contribution in [0.1, 0.15) is 42.0 Å². The van der Waals surface area contributed by atoms with Crippen LogP contribution in [0.4, 0.5) is 0 Å². The van der Waals surface area contributed by atoms with Crippen LogP contribution in [0.5, 0.6) is 0 Å². The third-order valence-electron chi connectivity index (χ3n) is 5.12. The van der Waals surface area contributed by atoms with Gasteiger partial charge < -0.3 is 5.73 Å². The molecule has 0 spiro atoms. The number of hydrogen-bond acceptors (Lipinski definition) is 1. The summed E-state index contributed by atoms with van der Waals surface area (Å²) >= 11 is 0. The molecule has 3 aromatic rings. The van der Waals surface area contributed by atoms with E-state index in [1.807, 2.05) is 0 Å². The smallest absolute Gasteiger partial charge is 0.0451 e. The third kappa shape index (κ3) is 3.52. The highest BCUT2D eigenvalue weighted by molar-refractivity contribution is 5.51. The molecule has 0 saturated heterocycles. The Kier molecular flexibility index (Phi) is 5.67. The van der Waals surface area contributed by atoms with Crippen LogP contribution in [0.25, 0.3) is 0 Å². The maximum Gasteiger partial charge on any atom is 0.0451 e. The summed E-state index contributed by atoms with van der Waals surface area (Å²) in [4.78, 5) is 0. The minimum Gasteiger partial charge on any atom is -0.330 e. The van der Waals surface area contributed by atoms with E-state index in [9.17, 15) is 0 Å². The van der Waals surface area contributed by atoms with Gasteiger partial charge in [0.15, 0.2) is 0 Å². The molecule has 0 aliphatic rings. The van der Waals surface area contributed by atoms with Gasteiger partial charge in [-0.2, -0.15) is 0 Å². The van der Waals surface area contributed by atoms with Gasteiger partial charge in [-0.05, 0) is 48.1 Å². The Morgan fingerprint density at radius 2 is 1.28 bits per heavy atom. The minimum absolute atomic E-state index is 0.160. The van der Waals surface area contributed by atoms with Crippen LogP contribution in [0.2, 0.25) is 0 Å². The molecule has 0 aromatic heterocycles. The minimum atomic E-state index is -0.160. The molecule has 0 fully saturated rings. The molecule has 1 nitrogen and oxygen atoms in total. The predicted octanol–water partition coefficient (Wildman–Crippen LogP) is 5.32. The van der Waals surface area contributed by atoms with E-state index >= 15 is 0 Å². The van der Waals surface area contributed by atoms with E-state index < -0.39 is 0 Å². The van der Waals surface area contributed by atoms with Crippen LogP contribution in [0.15, 0.2) is 84.9 Å². The Labute approximate surface area is 151 Å². The number of nitrogens with two attached hydrogens (primary N) is 1. The number of aryl methyl sites for hydroxylation is 1. The Morgan fingerprint density at radius 1 is 0.720 bits per heavy atom. The molecule has 0 radical (unpaired) electrons. The van der Waals surface area contributed by atoms with E-state index in [2.05, 4.69) is 91.9 Å². The van der Waals surface area contributed by atoms with Gasteiger partial charge in [-0.1, -0.05) is 91.9 Å². The first kappa shape index (κ1) is 17.4. The number of rotatable bonds is 7. The fourth-order valence-corrected chi connectivity index (χ4v) is 3.80. The molecule has 0 heterocycles. The van der Waals surface area contributed by atoms with Crippen molar-refractivity contribution in [2.24, 2.45) is 5.73 Å². The molecule has 0 saturated carbocycles. The molecular weight excluding hydrogens is 302 g/mol. The van der Waals surface area contributed by atoms with E-state index in [0.717, 1.165) is 19.3 Å². The van der Waals surface area contributed by atoms with Gasteiger partial charge in [0.1, 0.15) is 0 Å². The Bertz CT molecular complexity index is 738. The summed E-state index contributed by atoms with van der Waals surface area (Å²) in [7, 11) is 0. The maximum absolute atomic E-state index is 5.93. The van der Waals surface area contributed by atoms with Crippen LogP contribution >= 0.6 is 0 Å². The van der Waals surface area contributed by atoms with Gasteiger partial charge in [-0.15, -0.1) is 0 Å². The molecule has 2 N–H and O–H groups in total. The van der Waals surface area contributed by atoms with E-state index in [-0.39, 0.29) is 5.41 Å². The van der Waals surface area contributed by atoms with Crippen molar-refractivity contribution in [3.05, 3.63) is 107 Å². The monoisotopic (exact) mass is 329 g/mol. The first-order valence-electron chi connectivity index (χ1n) is 9.22. The highest BCUT2D eigenvalue weighted by Crippen LogP contribution is 2.43. The fraction of sp³-hybridized carbons (Fsp3) is 0.250. The average molecular weight is 329 g/mol. The summed E-state index contributed by atoms with van der Waals surface area (Å²) in [6.07, 6.45) is 3.04. The second-order valence-corrected chi connectivity index (χ2v) is 6.58. The summed E-state index contributed by atoms with van der Waals surface area (Å²) in [6.45, 7) is 2.92. The topological polar surface area (TPSA) is 26.0 Å². The largest absolute Gasteiger partial charge is 0.330 e. The molecule has 3 rings (SSSR count). The highest BCUT2D eigenvalue weighted by Gasteiger charge is 2.35. The third-order valence-corrected chi connectivity index (χ3v) is 5.12.